The Hall–Kier alpha value is -0.880. The maximum absolute atomic E-state index is 10.4. The minimum absolute atomic E-state index is 0.0262. The molecule has 7 heteroatoms. The van der Waals surface area contributed by atoms with Gasteiger partial charge in [-0.1, -0.05) is 23.2 Å². The Bertz CT molecular complexity index is 332. The average molecular weight is 253 g/mol. The molecule has 0 aliphatic rings. The van der Waals surface area contributed by atoms with Gasteiger partial charge >= 0.3 is 5.97 Å². The molecule has 1 rings (SSSR count). The van der Waals surface area contributed by atoms with Gasteiger partial charge in [0.05, 0.1) is 16.7 Å². The van der Waals surface area contributed by atoms with Gasteiger partial charge < -0.3 is 9.94 Å². The minimum atomic E-state index is -1.18. The molecule has 0 saturated carbocycles. The molecule has 1 heterocycles. The molecule has 0 atom stereocenters. The van der Waals surface area contributed by atoms with Gasteiger partial charge in [-0.05, 0) is 13.0 Å². The van der Waals surface area contributed by atoms with Crippen molar-refractivity contribution in [2.24, 2.45) is 5.90 Å². The number of pyridine rings is 1. The van der Waals surface area contributed by atoms with E-state index >= 15 is 0 Å². The summed E-state index contributed by atoms with van der Waals surface area (Å²) in [6.07, 6.45) is 1.29. The van der Waals surface area contributed by atoms with Crippen LogP contribution in [0.1, 0.15) is 17.4 Å². The van der Waals surface area contributed by atoms with Crippen molar-refractivity contribution in [3.63, 3.8) is 0 Å². The zero-order chi connectivity index (χ0) is 11.8. The minimum Gasteiger partial charge on any atom is -0.476 e. The first kappa shape index (κ1) is 14.1. The number of carboxylic acids is 1. The van der Waals surface area contributed by atoms with E-state index in [0.717, 1.165) is 0 Å². The number of aromatic nitrogens is 1. The fourth-order valence-electron chi connectivity index (χ4n) is 0.569. The molecular formula is C8H10Cl2N2O3. The van der Waals surface area contributed by atoms with Crippen LogP contribution in [0, 0.1) is 0 Å². The van der Waals surface area contributed by atoms with E-state index in [1.165, 1.54) is 12.3 Å². The zero-order valence-electron chi connectivity index (χ0n) is 7.91. The van der Waals surface area contributed by atoms with Crippen LogP contribution in [0.2, 0.25) is 10.0 Å². The van der Waals surface area contributed by atoms with Gasteiger partial charge in [0, 0.05) is 6.20 Å². The molecule has 0 aliphatic carbocycles. The molecule has 84 valence electrons. The molecule has 5 nitrogen and oxygen atoms in total. The predicted molar refractivity (Wildman–Crippen MR) is 57.0 cm³/mol. The highest BCUT2D eigenvalue weighted by Gasteiger charge is 2.11. The number of halogens is 2. The maximum Gasteiger partial charge on any atom is 0.356 e. The van der Waals surface area contributed by atoms with Crippen LogP contribution in [0.5, 0.6) is 0 Å². The number of carboxylic acid groups (broad SMARTS) is 1. The lowest BCUT2D eigenvalue weighted by Crippen LogP contribution is -2.00. The molecule has 15 heavy (non-hydrogen) atoms. The van der Waals surface area contributed by atoms with E-state index in [-0.39, 0.29) is 15.7 Å². The highest BCUT2D eigenvalue weighted by atomic mass is 35.5. The third kappa shape index (κ3) is 4.94. The Morgan fingerprint density at radius 3 is 2.53 bits per heavy atom. The highest BCUT2D eigenvalue weighted by molar-refractivity contribution is 6.43. The lowest BCUT2D eigenvalue weighted by molar-refractivity contribution is 0.0690. The fourth-order valence-corrected chi connectivity index (χ4v) is 0.908. The van der Waals surface area contributed by atoms with Gasteiger partial charge in [0.1, 0.15) is 0 Å². The van der Waals surface area contributed by atoms with E-state index < -0.39 is 5.97 Å². The van der Waals surface area contributed by atoms with Crippen molar-refractivity contribution in [2.45, 2.75) is 6.92 Å². The summed E-state index contributed by atoms with van der Waals surface area (Å²) in [7, 11) is 0. The van der Waals surface area contributed by atoms with Crippen LogP contribution >= 0.6 is 23.2 Å². The van der Waals surface area contributed by atoms with Crippen molar-refractivity contribution in [3.05, 3.63) is 28.0 Å². The van der Waals surface area contributed by atoms with Crippen molar-refractivity contribution in [3.8, 4) is 0 Å². The molecule has 0 fully saturated rings. The van der Waals surface area contributed by atoms with E-state index in [1.807, 2.05) is 6.92 Å². The quantitative estimate of drug-likeness (QED) is 0.787. The van der Waals surface area contributed by atoms with Crippen molar-refractivity contribution in [1.82, 2.24) is 4.98 Å². The summed E-state index contributed by atoms with van der Waals surface area (Å²) >= 11 is 11.0. The molecule has 0 bridgehead atoms. The Morgan fingerprint density at radius 1 is 1.67 bits per heavy atom. The summed E-state index contributed by atoms with van der Waals surface area (Å²) in [5.74, 6) is 3.34. The summed E-state index contributed by atoms with van der Waals surface area (Å²) in [5, 5.41) is 8.65. The molecule has 0 amide bonds. The van der Waals surface area contributed by atoms with Crippen LogP contribution in [0.4, 0.5) is 0 Å². The number of nitrogens with two attached hydrogens (primary N) is 1. The number of hydrogen-bond donors (Lipinski definition) is 2. The first-order valence-corrected chi connectivity index (χ1v) is 4.65. The number of aromatic carboxylic acids is 1. The predicted octanol–water partition coefficient (Wildman–Crippen LogP) is 1.98. The third-order valence-electron chi connectivity index (χ3n) is 1.21. The second-order valence-electron chi connectivity index (χ2n) is 2.22. The number of carbonyl (C=O) groups is 1. The second-order valence-corrected chi connectivity index (χ2v) is 3.00. The van der Waals surface area contributed by atoms with Crippen LogP contribution < -0.4 is 5.90 Å². The topological polar surface area (TPSA) is 85.4 Å². The Balaban J connectivity index is 0.000000423. The highest BCUT2D eigenvalue weighted by Crippen LogP contribution is 2.23. The molecule has 0 spiro atoms. The molecule has 1 aromatic rings. The summed E-state index contributed by atoms with van der Waals surface area (Å²) < 4.78 is 0. The SMILES string of the molecule is CCON.O=C(O)c1nccc(Cl)c1Cl. The van der Waals surface area contributed by atoms with E-state index in [2.05, 4.69) is 15.7 Å². The third-order valence-corrected chi connectivity index (χ3v) is 2.01. The van der Waals surface area contributed by atoms with Gasteiger partial charge in [0.25, 0.3) is 0 Å². The second kappa shape index (κ2) is 7.42. The van der Waals surface area contributed by atoms with Gasteiger partial charge in [-0.15, -0.1) is 0 Å². The largest absolute Gasteiger partial charge is 0.476 e. The maximum atomic E-state index is 10.4. The smallest absolute Gasteiger partial charge is 0.356 e. The molecular weight excluding hydrogens is 243 g/mol. The Labute approximate surface area is 96.7 Å². The Kier molecular flexibility index (Phi) is 6.98. The van der Waals surface area contributed by atoms with Crippen molar-refractivity contribution < 1.29 is 14.7 Å². The van der Waals surface area contributed by atoms with E-state index in [9.17, 15) is 4.79 Å². The molecule has 0 aliphatic heterocycles. The van der Waals surface area contributed by atoms with Crippen LogP contribution in [-0.2, 0) is 4.84 Å². The summed E-state index contributed by atoms with van der Waals surface area (Å²) in [5.41, 5.74) is -0.223. The summed E-state index contributed by atoms with van der Waals surface area (Å²) in [6, 6.07) is 1.43. The number of nitrogens with zero attached hydrogens (tertiary/aromatic N) is 1. The van der Waals surface area contributed by atoms with Crippen LogP contribution in [0.25, 0.3) is 0 Å². The fraction of sp³-hybridized carbons (Fsp3) is 0.250. The molecule has 0 aromatic carbocycles. The zero-order valence-corrected chi connectivity index (χ0v) is 9.42. The van der Waals surface area contributed by atoms with Crippen LogP contribution in [0.15, 0.2) is 12.3 Å². The molecule has 0 saturated heterocycles. The van der Waals surface area contributed by atoms with E-state index in [1.54, 1.807) is 0 Å². The van der Waals surface area contributed by atoms with Gasteiger partial charge in [-0.3, -0.25) is 0 Å². The number of rotatable bonds is 2. The van der Waals surface area contributed by atoms with Crippen molar-refractivity contribution >= 4 is 29.2 Å². The average Bonchev–Trinajstić information content (AvgIpc) is 2.22. The molecule has 0 radical (unpaired) electrons. The Morgan fingerprint density at radius 2 is 2.20 bits per heavy atom. The van der Waals surface area contributed by atoms with Gasteiger partial charge in [0.15, 0.2) is 5.69 Å². The standard InChI is InChI=1S/C6H3Cl2NO2.C2H7NO/c7-3-1-2-9-5(4(3)8)6(10)11;1-2-4-3/h1-2H,(H,10,11);2-3H2,1H3. The summed E-state index contributed by atoms with van der Waals surface area (Å²) in [4.78, 5) is 17.9. The van der Waals surface area contributed by atoms with Gasteiger partial charge in [0.2, 0.25) is 0 Å². The lowest BCUT2D eigenvalue weighted by atomic mass is 10.3. The monoisotopic (exact) mass is 252 g/mol. The summed E-state index contributed by atoms with van der Waals surface area (Å²) in [6.45, 7) is 2.43. The molecule has 0 unspecified atom stereocenters. The van der Waals surface area contributed by atoms with Crippen molar-refractivity contribution in [1.29, 1.82) is 0 Å². The number of hydrogen-bond acceptors (Lipinski definition) is 4. The molecule has 3 N–H and O–H groups in total. The first-order valence-electron chi connectivity index (χ1n) is 3.89. The van der Waals surface area contributed by atoms with E-state index in [0.29, 0.717) is 6.61 Å². The lowest BCUT2D eigenvalue weighted by Gasteiger charge is -1.97. The normalized spacial score (nSPS) is 9.07. The van der Waals surface area contributed by atoms with Crippen LogP contribution in [-0.4, -0.2) is 22.7 Å². The van der Waals surface area contributed by atoms with Crippen LogP contribution in [0.3, 0.4) is 0 Å². The van der Waals surface area contributed by atoms with Gasteiger partial charge in [-0.25, -0.2) is 15.7 Å². The van der Waals surface area contributed by atoms with Crippen molar-refractivity contribution in [2.75, 3.05) is 6.61 Å². The first-order chi connectivity index (χ1) is 7.04. The van der Waals surface area contributed by atoms with E-state index in [4.69, 9.17) is 28.3 Å². The van der Waals surface area contributed by atoms with Gasteiger partial charge in [-0.2, -0.15) is 0 Å². The molecule has 1 aromatic heterocycles.